The van der Waals surface area contributed by atoms with Crippen LogP contribution in [0.3, 0.4) is 0 Å². The van der Waals surface area contributed by atoms with Crippen LogP contribution in [0.25, 0.3) is 5.57 Å². The Balaban J connectivity index is 3.23. The zero-order chi connectivity index (χ0) is 8.43. The van der Waals surface area contributed by atoms with Gasteiger partial charge in [-0.15, -0.1) is 0 Å². The molecule has 1 rings (SSSR count). The Morgan fingerprint density at radius 1 is 1.55 bits per heavy atom. The molecule has 58 valence electrons. The van der Waals surface area contributed by atoms with Gasteiger partial charge in [0.05, 0.1) is 0 Å². The molecule has 0 saturated heterocycles. The quantitative estimate of drug-likeness (QED) is 0.474. The Labute approximate surface area is 66.0 Å². The molecule has 0 aliphatic heterocycles. The summed E-state index contributed by atoms with van der Waals surface area (Å²) in [5.74, 6) is 0.220. The van der Waals surface area contributed by atoms with Gasteiger partial charge in [-0.3, -0.25) is 0 Å². The molecule has 11 heavy (non-hydrogen) atoms. The van der Waals surface area contributed by atoms with Crippen LogP contribution in [-0.2, 0) is 0 Å². The van der Waals surface area contributed by atoms with Gasteiger partial charge in [0.1, 0.15) is 5.75 Å². The van der Waals surface area contributed by atoms with Gasteiger partial charge in [0, 0.05) is 11.3 Å². The first-order chi connectivity index (χ1) is 5.11. The van der Waals surface area contributed by atoms with Gasteiger partial charge in [0.25, 0.3) is 0 Å². The smallest absolute Gasteiger partial charge is 0.116 e. The van der Waals surface area contributed by atoms with E-state index in [-0.39, 0.29) is 5.75 Å². The van der Waals surface area contributed by atoms with Gasteiger partial charge in [-0.1, -0.05) is 6.58 Å². The number of rotatable bonds is 1. The van der Waals surface area contributed by atoms with E-state index < -0.39 is 0 Å². The number of nitrogens with two attached hydrogens (primary N) is 1. The molecular formula is C9H11NO. The van der Waals surface area contributed by atoms with E-state index in [0.717, 1.165) is 11.1 Å². The van der Waals surface area contributed by atoms with Crippen LogP contribution >= 0.6 is 0 Å². The second-order valence-electron chi connectivity index (χ2n) is 2.55. The molecule has 0 saturated carbocycles. The summed E-state index contributed by atoms with van der Waals surface area (Å²) in [6, 6.07) is 4.83. The van der Waals surface area contributed by atoms with Gasteiger partial charge in [0.2, 0.25) is 0 Å². The molecule has 0 fully saturated rings. The summed E-state index contributed by atoms with van der Waals surface area (Å²) in [5.41, 5.74) is 7.94. The molecule has 0 spiro atoms. The summed E-state index contributed by atoms with van der Waals surface area (Å²) in [6.45, 7) is 5.59. The summed E-state index contributed by atoms with van der Waals surface area (Å²) < 4.78 is 0. The van der Waals surface area contributed by atoms with Crippen molar-refractivity contribution in [2.45, 2.75) is 6.92 Å². The number of phenols is 1. The van der Waals surface area contributed by atoms with Crippen molar-refractivity contribution in [1.82, 2.24) is 0 Å². The molecule has 0 heterocycles. The van der Waals surface area contributed by atoms with E-state index >= 15 is 0 Å². The maximum Gasteiger partial charge on any atom is 0.116 e. The van der Waals surface area contributed by atoms with E-state index in [1.165, 1.54) is 0 Å². The van der Waals surface area contributed by atoms with E-state index in [2.05, 4.69) is 6.58 Å². The number of anilines is 1. The molecule has 0 aromatic heterocycles. The molecule has 2 heteroatoms. The minimum Gasteiger partial charge on any atom is -0.508 e. The third-order valence-corrected chi connectivity index (χ3v) is 1.50. The van der Waals surface area contributed by atoms with Gasteiger partial charge in [-0.05, 0) is 30.7 Å². The lowest BCUT2D eigenvalue weighted by molar-refractivity contribution is 0.475. The van der Waals surface area contributed by atoms with Gasteiger partial charge in [-0.25, -0.2) is 0 Å². The molecule has 1 aromatic carbocycles. The minimum atomic E-state index is 0.220. The lowest BCUT2D eigenvalue weighted by Crippen LogP contribution is -1.90. The fourth-order valence-electron chi connectivity index (χ4n) is 0.914. The fraction of sp³-hybridized carbons (Fsp3) is 0.111. The SMILES string of the molecule is C=C(C)c1cc(O)ccc1N. The van der Waals surface area contributed by atoms with Crippen molar-refractivity contribution < 1.29 is 5.11 Å². The van der Waals surface area contributed by atoms with E-state index in [0.29, 0.717) is 5.69 Å². The van der Waals surface area contributed by atoms with Crippen LogP contribution in [0.5, 0.6) is 5.75 Å². The molecular weight excluding hydrogens is 138 g/mol. The summed E-state index contributed by atoms with van der Waals surface area (Å²) in [7, 11) is 0. The van der Waals surface area contributed by atoms with Crippen LogP contribution in [-0.4, -0.2) is 5.11 Å². The molecule has 0 amide bonds. The van der Waals surface area contributed by atoms with Crippen LogP contribution in [0.15, 0.2) is 24.8 Å². The van der Waals surface area contributed by atoms with Crippen molar-refractivity contribution in [1.29, 1.82) is 0 Å². The highest BCUT2D eigenvalue weighted by Gasteiger charge is 1.99. The molecule has 0 aliphatic rings. The highest BCUT2D eigenvalue weighted by atomic mass is 16.3. The van der Waals surface area contributed by atoms with Crippen molar-refractivity contribution in [2.24, 2.45) is 0 Å². The predicted octanol–water partition coefficient (Wildman–Crippen LogP) is 2.01. The Morgan fingerprint density at radius 3 is 2.64 bits per heavy atom. The zero-order valence-corrected chi connectivity index (χ0v) is 6.46. The molecule has 3 N–H and O–H groups in total. The van der Waals surface area contributed by atoms with Crippen LogP contribution in [0.1, 0.15) is 12.5 Å². The molecule has 0 atom stereocenters. The van der Waals surface area contributed by atoms with Crippen molar-refractivity contribution in [3.05, 3.63) is 30.3 Å². The average molecular weight is 149 g/mol. The van der Waals surface area contributed by atoms with E-state index in [1.54, 1.807) is 18.2 Å². The molecule has 0 aliphatic carbocycles. The van der Waals surface area contributed by atoms with Gasteiger partial charge < -0.3 is 10.8 Å². The van der Waals surface area contributed by atoms with Crippen LogP contribution < -0.4 is 5.73 Å². The van der Waals surface area contributed by atoms with Crippen LogP contribution in [0.2, 0.25) is 0 Å². The second kappa shape index (κ2) is 2.66. The van der Waals surface area contributed by atoms with Crippen LogP contribution in [0, 0.1) is 0 Å². The molecule has 2 nitrogen and oxygen atoms in total. The van der Waals surface area contributed by atoms with E-state index in [1.807, 2.05) is 6.92 Å². The first-order valence-electron chi connectivity index (χ1n) is 3.35. The number of aromatic hydroxyl groups is 1. The normalized spacial score (nSPS) is 9.55. The number of benzene rings is 1. The number of allylic oxidation sites excluding steroid dienone is 1. The topological polar surface area (TPSA) is 46.2 Å². The van der Waals surface area contributed by atoms with Gasteiger partial charge >= 0.3 is 0 Å². The van der Waals surface area contributed by atoms with E-state index in [4.69, 9.17) is 10.8 Å². The minimum absolute atomic E-state index is 0.220. The monoisotopic (exact) mass is 149 g/mol. The Morgan fingerprint density at radius 2 is 2.18 bits per heavy atom. The van der Waals surface area contributed by atoms with Gasteiger partial charge in [0.15, 0.2) is 0 Å². The summed E-state index contributed by atoms with van der Waals surface area (Å²) in [5, 5.41) is 9.09. The van der Waals surface area contributed by atoms with Crippen molar-refractivity contribution in [3.63, 3.8) is 0 Å². The van der Waals surface area contributed by atoms with Crippen molar-refractivity contribution in [2.75, 3.05) is 5.73 Å². The number of hydrogen-bond donors (Lipinski definition) is 2. The predicted molar refractivity (Wildman–Crippen MR) is 47.2 cm³/mol. The lowest BCUT2D eigenvalue weighted by Gasteiger charge is -2.04. The standard InChI is InChI=1S/C9H11NO/c1-6(2)8-5-7(11)3-4-9(8)10/h3-5,11H,1,10H2,2H3. The summed E-state index contributed by atoms with van der Waals surface area (Å²) in [6.07, 6.45) is 0. The molecule has 0 bridgehead atoms. The largest absolute Gasteiger partial charge is 0.508 e. The second-order valence-corrected chi connectivity index (χ2v) is 2.55. The van der Waals surface area contributed by atoms with E-state index in [9.17, 15) is 0 Å². The highest BCUT2D eigenvalue weighted by molar-refractivity contribution is 5.73. The maximum absolute atomic E-state index is 9.09. The molecule has 0 unspecified atom stereocenters. The third kappa shape index (κ3) is 1.52. The highest BCUT2D eigenvalue weighted by Crippen LogP contribution is 2.23. The fourth-order valence-corrected chi connectivity index (χ4v) is 0.914. The average Bonchev–Trinajstić information content (AvgIpc) is 1.94. The summed E-state index contributed by atoms with van der Waals surface area (Å²) in [4.78, 5) is 0. The number of phenolic OH excluding ortho intramolecular Hbond substituents is 1. The Kier molecular flexibility index (Phi) is 1.85. The van der Waals surface area contributed by atoms with Crippen molar-refractivity contribution >= 4 is 11.3 Å². The number of nitrogen functional groups attached to an aromatic ring is 1. The molecule has 0 radical (unpaired) electrons. The van der Waals surface area contributed by atoms with Gasteiger partial charge in [-0.2, -0.15) is 0 Å². The first-order valence-corrected chi connectivity index (χ1v) is 3.35. The summed E-state index contributed by atoms with van der Waals surface area (Å²) >= 11 is 0. The lowest BCUT2D eigenvalue weighted by atomic mass is 10.1. The van der Waals surface area contributed by atoms with Crippen molar-refractivity contribution in [3.8, 4) is 5.75 Å². The first kappa shape index (κ1) is 7.66. The third-order valence-electron chi connectivity index (χ3n) is 1.50. The Hall–Kier alpha value is -1.44. The Bertz CT molecular complexity index is 292. The van der Waals surface area contributed by atoms with Crippen LogP contribution in [0.4, 0.5) is 5.69 Å². The molecule has 1 aromatic rings. The maximum atomic E-state index is 9.09. The zero-order valence-electron chi connectivity index (χ0n) is 6.46. The number of hydrogen-bond acceptors (Lipinski definition) is 2.